The molecule has 1 aliphatic carbocycles. The first-order valence-corrected chi connectivity index (χ1v) is 9.02. The highest BCUT2D eigenvalue weighted by atomic mass is 32.2. The van der Waals surface area contributed by atoms with E-state index in [0.29, 0.717) is 17.7 Å². The molecule has 1 heterocycles. The van der Waals surface area contributed by atoms with Crippen LogP contribution in [0.2, 0.25) is 0 Å². The zero-order valence-electron chi connectivity index (χ0n) is 12.4. The Balaban J connectivity index is 1.65. The third kappa shape index (κ3) is 3.43. The van der Waals surface area contributed by atoms with Gasteiger partial charge in [0.15, 0.2) is 0 Å². The smallest absolute Gasteiger partial charge is 0.240 e. The molecule has 2 aliphatic rings. The van der Waals surface area contributed by atoms with Gasteiger partial charge in [-0.15, -0.1) is 0 Å². The molecular weight excluding hydrogens is 280 g/mol. The monoisotopic (exact) mass is 304 g/mol. The highest BCUT2D eigenvalue weighted by molar-refractivity contribution is 8.00. The molecule has 1 aromatic carbocycles. The van der Waals surface area contributed by atoms with Crippen LogP contribution in [0.15, 0.2) is 30.3 Å². The number of hydrogen-bond donors (Lipinski definition) is 1. The van der Waals surface area contributed by atoms with Crippen LogP contribution < -0.4 is 5.73 Å². The predicted octanol–water partition coefficient (Wildman–Crippen LogP) is 2.44. The van der Waals surface area contributed by atoms with Crippen molar-refractivity contribution in [2.75, 3.05) is 12.3 Å². The Labute approximate surface area is 131 Å². The maximum absolute atomic E-state index is 12.7. The van der Waals surface area contributed by atoms with E-state index in [0.717, 1.165) is 24.3 Å². The highest BCUT2D eigenvalue weighted by Gasteiger charge is 2.37. The van der Waals surface area contributed by atoms with Crippen LogP contribution in [0.4, 0.5) is 0 Å². The molecule has 0 aromatic heterocycles. The Morgan fingerprint density at radius 3 is 2.86 bits per heavy atom. The molecule has 0 unspecified atom stereocenters. The van der Waals surface area contributed by atoms with Crippen molar-refractivity contribution in [3.63, 3.8) is 0 Å². The second kappa shape index (κ2) is 6.84. The fourth-order valence-electron chi connectivity index (χ4n) is 3.54. The number of nitrogens with two attached hydrogens (primary N) is 1. The number of benzene rings is 1. The first-order valence-electron chi connectivity index (χ1n) is 7.97. The minimum absolute atomic E-state index is 0.149. The lowest BCUT2D eigenvalue weighted by molar-refractivity contribution is -0.135. The summed E-state index contributed by atoms with van der Waals surface area (Å²) >= 11 is 2.05. The molecule has 0 spiro atoms. The largest absolute Gasteiger partial charge is 0.336 e. The third-order valence-electron chi connectivity index (χ3n) is 4.63. The number of hydrogen-bond acceptors (Lipinski definition) is 3. The minimum Gasteiger partial charge on any atom is -0.336 e. The lowest BCUT2D eigenvalue weighted by Gasteiger charge is -2.44. The molecule has 3 nitrogen and oxygen atoms in total. The number of carbonyl (C=O) groups is 1. The second-order valence-corrected chi connectivity index (χ2v) is 7.44. The lowest BCUT2D eigenvalue weighted by atomic mass is 9.92. The molecule has 1 aromatic rings. The summed E-state index contributed by atoms with van der Waals surface area (Å²) in [6.07, 6.45) is 5.61. The van der Waals surface area contributed by atoms with E-state index in [2.05, 4.69) is 4.90 Å². The van der Waals surface area contributed by atoms with Gasteiger partial charge in [0.25, 0.3) is 0 Å². The van der Waals surface area contributed by atoms with Gasteiger partial charge in [0.05, 0.1) is 6.04 Å². The lowest BCUT2D eigenvalue weighted by Crippen LogP contribution is -2.56. The van der Waals surface area contributed by atoms with Crippen molar-refractivity contribution >= 4 is 17.7 Å². The summed E-state index contributed by atoms with van der Waals surface area (Å²) in [6, 6.07) is 10.1. The summed E-state index contributed by atoms with van der Waals surface area (Å²) in [7, 11) is 0. The zero-order chi connectivity index (χ0) is 14.7. The van der Waals surface area contributed by atoms with Crippen LogP contribution in [-0.4, -0.2) is 40.4 Å². The summed E-state index contributed by atoms with van der Waals surface area (Å²) in [4.78, 5) is 14.8. The number of thioether (sulfide) groups is 1. The molecule has 1 saturated carbocycles. The average molecular weight is 304 g/mol. The summed E-state index contributed by atoms with van der Waals surface area (Å²) in [6.45, 7) is 0.868. The van der Waals surface area contributed by atoms with Gasteiger partial charge in [0.1, 0.15) is 0 Å². The number of amides is 1. The summed E-state index contributed by atoms with van der Waals surface area (Å²) in [5, 5.41) is 0.639. The van der Waals surface area contributed by atoms with Gasteiger partial charge in [0.2, 0.25) is 5.91 Å². The molecule has 2 fully saturated rings. The van der Waals surface area contributed by atoms with Gasteiger partial charge in [-0.25, -0.2) is 0 Å². The van der Waals surface area contributed by atoms with Crippen LogP contribution in [0.25, 0.3) is 0 Å². The number of fused-ring (bicyclic) bond motifs is 1. The van der Waals surface area contributed by atoms with Crippen molar-refractivity contribution in [2.24, 2.45) is 5.73 Å². The quantitative estimate of drug-likeness (QED) is 0.933. The molecular formula is C17H24N2OS. The molecule has 0 radical (unpaired) electrons. The van der Waals surface area contributed by atoms with Crippen molar-refractivity contribution in [1.82, 2.24) is 4.90 Å². The molecule has 2 N–H and O–H groups in total. The molecule has 1 amide bonds. The van der Waals surface area contributed by atoms with Crippen LogP contribution >= 0.6 is 11.8 Å². The van der Waals surface area contributed by atoms with Gasteiger partial charge >= 0.3 is 0 Å². The SMILES string of the molecule is N[C@H](Cc1ccccc1)C(=O)N1CCS[C@H]2CCCC[C@@H]21. The van der Waals surface area contributed by atoms with Crippen LogP contribution in [0.1, 0.15) is 31.2 Å². The molecule has 114 valence electrons. The predicted molar refractivity (Wildman–Crippen MR) is 88.3 cm³/mol. The van der Waals surface area contributed by atoms with E-state index in [-0.39, 0.29) is 5.91 Å². The summed E-state index contributed by atoms with van der Waals surface area (Å²) in [5.41, 5.74) is 7.35. The molecule has 1 saturated heterocycles. The Bertz CT molecular complexity index is 477. The summed E-state index contributed by atoms with van der Waals surface area (Å²) in [5.74, 6) is 1.21. The van der Waals surface area contributed by atoms with Gasteiger partial charge in [0, 0.05) is 23.6 Å². The van der Waals surface area contributed by atoms with Crippen molar-refractivity contribution in [3.8, 4) is 0 Å². The van der Waals surface area contributed by atoms with E-state index in [1.807, 2.05) is 42.1 Å². The molecule has 1 aliphatic heterocycles. The number of nitrogens with zero attached hydrogens (tertiary/aromatic N) is 1. The van der Waals surface area contributed by atoms with E-state index in [1.165, 1.54) is 19.3 Å². The van der Waals surface area contributed by atoms with E-state index < -0.39 is 6.04 Å². The second-order valence-electron chi connectivity index (χ2n) is 6.09. The Kier molecular flexibility index (Phi) is 4.86. The maximum Gasteiger partial charge on any atom is 0.240 e. The standard InChI is InChI=1S/C17H24N2OS/c18-14(12-13-6-2-1-3-7-13)17(20)19-10-11-21-16-9-5-4-8-15(16)19/h1-3,6-7,14-16H,4-5,8-12,18H2/t14-,15+,16+/m1/s1. The normalized spacial score (nSPS) is 27.0. The fraction of sp³-hybridized carbons (Fsp3) is 0.588. The zero-order valence-corrected chi connectivity index (χ0v) is 13.2. The van der Waals surface area contributed by atoms with E-state index in [9.17, 15) is 4.79 Å². The molecule has 3 rings (SSSR count). The number of rotatable bonds is 3. The first kappa shape index (κ1) is 14.9. The van der Waals surface area contributed by atoms with Gasteiger partial charge in [-0.2, -0.15) is 11.8 Å². The minimum atomic E-state index is -0.405. The Hall–Kier alpha value is -1.00. The van der Waals surface area contributed by atoms with Gasteiger partial charge in [-0.3, -0.25) is 4.79 Å². The topological polar surface area (TPSA) is 46.3 Å². The van der Waals surface area contributed by atoms with Gasteiger partial charge in [-0.05, 0) is 24.8 Å². The van der Waals surface area contributed by atoms with Crippen LogP contribution in [-0.2, 0) is 11.2 Å². The van der Waals surface area contributed by atoms with Gasteiger partial charge in [-0.1, -0.05) is 43.2 Å². The Morgan fingerprint density at radius 2 is 2.05 bits per heavy atom. The van der Waals surface area contributed by atoms with Crippen molar-refractivity contribution in [3.05, 3.63) is 35.9 Å². The molecule has 0 bridgehead atoms. The van der Waals surface area contributed by atoms with Crippen LogP contribution in [0, 0.1) is 0 Å². The Morgan fingerprint density at radius 1 is 1.29 bits per heavy atom. The van der Waals surface area contributed by atoms with E-state index in [4.69, 9.17) is 5.73 Å². The van der Waals surface area contributed by atoms with Gasteiger partial charge < -0.3 is 10.6 Å². The van der Waals surface area contributed by atoms with Crippen molar-refractivity contribution in [1.29, 1.82) is 0 Å². The average Bonchev–Trinajstić information content (AvgIpc) is 2.54. The van der Waals surface area contributed by atoms with E-state index >= 15 is 0 Å². The fourth-order valence-corrected chi connectivity index (χ4v) is 4.98. The molecule has 21 heavy (non-hydrogen) atoms. The van der Waals surface area contributed by atoms with E-state index in [1.54, 1.807) is 0 Å². The molecule has 3 atom stereocenters. The van der Waals surface area contributed by atoms with Crippen LogP contribution in [0.5, 0.6) is 0 Å². The first-order chi connectivity index (χ1) is 10.3. The maximum atomic E-state index is 12.7. The van der Waals surface area contributed by atoms with Crippen molar-refractivity contribution < 1.29 is 4.79 Å². The van der Waals surface area contributed by atoms with Crippen molar-refractivity contribution in [2.45, 2.75) is 49.4 Å². The highest BCUT2D eigenvalue weighted by Crippen LogP contribution is 2.35. The summed E-state index contributed by atoms with van der Waals surface area (Å²) < 4.78 is 0. The molecule has 4 heteroatoms. The third-order valence-corrected chi connectivity index (χ3v) is 6.03. The van der Waals surface area contributed by atoms with Crippen LogP contribution in [0.3, 0.4) is 0 Å². The number of carbonyl (C=O) groups excluding carboxylic acids is 1.